The molecule has 0 fully saturated rings. The van der Waals surface area contributed by atoms with Crippen molar-refractivity contribution in [3.63, 3.8) is 0 Å². The molecule has 96 valence electrons. The van der Waals surface area contributed by atoms with Gasteiger partial charge in [0.1, 0.15) is 5.75 Å². The van der Waals surface area contributed by atoms with Gasteiger partial charge in [-0.05, 0) is 42.9 Å². The maximum atomic E-state index is 9.65. The van der Waals surface area contributed by atoms with E-state index in [1.165, 1.54) is 6.42 Å². The van der Waals surface area contributed by atoms with Crippen LogP contribution < -0.4 is 4.74 Å². The summed E-state index contributed by atoms with van der Waals surface area (Å²) >= 11 is 0. The Kier molecular flexibility index (Phi) is 6.06. The number of aliphatic hydroxyl groups excluding tert-OH is 1. The fourth-order valence-electron chi connectivity index (χ4n) is 1.70. The highest BCUT2D eigenvalue weighted by Crippen LogP contribution is 2.20. The zero-order valence-corrected chi connectivity index (χ0v) is 11.1. The third-order valence-corrected chi connectivity index (χ3v) is 2.85. The van der Waals surface area contributed by atoms with E-state index in [0.717, 1.165) is 36.7 Å². The molecular formula is C15H24O2. The maximum Gasteiger partial charge on any atom is 0.119 e. The van der Waals surface area contributed by atoms with Gasteiger partial charge >= 0.3 is 0 Å². The van der Waals surface area contributed by atoms with E-state index in [2.05, 4.69) is 13.8 Å². The second kappa shape index (κ2) is 7.33. The largest absolute Gasteiger partial charge is 0.494 e. The molecule has 0 saturated carbocycles. The zero-order valence-electron chi connectivity index (χ0n) is 11.1. The number of benzene rings is 1. The van der Waals surface area contributed by atoms with Crippen molar-refractivity contribution in [1.82, 2.24) is 0 Å². The first-order chi connectivity index (χ1) is 8.13. The fourth-order valence-corrected chi connectivity index (χ4v) is 1.70. The lowest BCUT2D eigenvalue weighted by Gasteiger charge is -2.10. The highest BCUT2D eigenvalue weighted by Gasteiger charge is 2.04. The molecule has 1 atom stereocenters. The van der Waals surface area contributed by atoms with Gasteiger partial charge < -0.3 is 9.84 Å². The summed E-state index contributed by atoms with van der Waals surface area (Å²) in [6.45, 7) is 7.19. The van der Waals surface area contributed by atoms with Crippen molar-refractivity contribution in [2.75, 3.05) is 6.61 Å². The van der Waals surface area contributed by atoms with Gasteiger partial charge in [-0.2, -0.15) is 0 Å². The maximum absolute atomic E-state index is 9.65. The van der Waals surface area contributed by atoms with Gasteiger partial charge in [0.05, 0.1) is 12.7 Å². The van der Waals surface area contributed by atoms with Gasteiger partial charge in [-0.25, -0.2) is 0 Å². The summed E-state index contributed by atoms with van der Waals surface area (Å²) in [5.74, 6) is 1.63. The molecule has 0 radical (unpaired) electrons. The molecule has 1 aromatic carbocycles. The fraction of sp³-hybridized carbons (Fsp3) is 0.600. The highest BCUT2D eigenvalue weighted by atomic mass is 16.5. The topological polar surface area (TPSA) is 29.5 Å². The van der Waals surface area contributed by atoms with Crippen molar-refractivity contribution in [3.8, 4) is 5.75 Å². The number of hydrogen-bond acceptors (Lipinski definition) is 2. The van der Waals surface area contributed by atoms with Crippen LogP contribution in [0.4, 0.5) is 0 Å². The van der Waals surface area contributed by atoms with Crippen LogP contribution in [0.3, 0.4) is 0 Å². The molecule has 0 heterocycles. The average Bonchev–Trinajstić information content (AvgIpc) is 2.34. The van der Waals surface area contributed by atoms with Crippen molar-refractivity contribution in [2.24, 2.45) is 5.92 Å². The number of ether oxygens (including phenoxy) is 1. The van der Waals surface area contributed by atoms with Crippen LogP contribution in [0.5, 0.6) is 5.75 Å². The first-order valence-corrected chi connectivity index (χ1v) is 6.54. The Morgan fingerprint density at radius 3 is 2.35 bits per heavy atom. The predicted molar refractivity (Wildman–Crippen MR) is 71.3 cm³/mol. The first-order valence-electron chi connectivity index (χ1n) is 6.54. The van der Waals surface area contributed by atoms with E-state index in [1.54, 1.807) is 0 Å². The molecule has 17 heavy (non-hydrogen) atoms. The predicted octanol–water partition coefficient (Wildman–Crippen LogP) is 3.95. The van der Waals surface area contributed by atoms with Crippen molar-refractivity contribution < 1.29 is 9.84 Å². The number of hydrogen-bond donors (Lipinski definition) is 1. The van der Waals surface area contributed by atoms with Crippen LogP contribution >= 0.6 is 0 Å². The van der Waals surface area contributed by atoms with Crippen LogP contribution in [0, 0.1) is 5.92 Å². The van der Waals surface area contributed by atoms with E-state index in [0.29, 0.717) is 0 Å². The van der Waals surface area contributed by atoms with Crippen LogP contribution in [0.15, 0.2) is 24.3 Å². The Bertz CT molecular complexity index is 303. The van der Waals surface area contributed by atoms with Crippen molar-refractivity contribution in [3.05, 3.63) is 29.8 Å². The van der Waals surface area contributed by atoms with Gasteiger partial charge in [0, 0.05) is 0 Å². The van der Waals surface area contributed by atoms with Crippen molar-refractivity contribution >= 4 is 0 Å². The molecule has 1 aromatic rings. The number of aliphatic hydroxyl groups is 1. The smallest absolute Gasteiger partial charge is 0.119 e. The zero-order chi connectivity index (χ0) is 12.7. The molecule has 1 rings (SSSR count). The molecule has 0 aliphatic heterocycles. The Labute approximate surface area is 105 Å². The molecule has 0 aromatic heterocycles. The second-order valence-corrected chi connectivity index (χ2v) is 4.88. The Morgan fingerprint density at radius 2 is 1.82 bits per heavy atom. The molecule has 2 heteroatoms. The second-order valence-electron chi connectivity index (χ2n) is 4.88. The third kappa shape index (κ3) is 5.22. The van der Waals surface area contributed by atoms with E-state index >= 15 is 0 Å². The lowest BCUT2D eigenvalue weighted by Crippen LogP contribution is -2.00. The minimum absolute atomic E-state index is 0.356. The molecule has 1 N–H and O–H groups in total. The molecule has 0 saturated heterocycles. The molecule has 0 aliphatic carbocycles. The number of rotatable bonds is 7. The van der Waals surface area contributed by atoms with Crippen LogP contribution in [0.25, 0.3) is 0 Å². The molecule has 0 spiro atoms. The van der Waals surface area contributed by atoms with Crippen LogP contribution in [0.1, 0.15) is 51.7 Å². The van der Waals surface area contributed by atoms with Gasteiger partial charge in [-0.3, -0.25) is 0 Å². The van der Waals surface area contributed by atoms with E-state index < -0.39 is 0 Å². The molecule has 0 unspecified atom stereocenters. The van der Waals surface area contributed by atoms with Gasteiger partial charge in [-0.1, -0.05) is 32.9 Å². The Morgan fingerprint density at radius 1 is 1.18 bits per heavy atom. The van der Waals surface area contributed by atoms with Crippen LogP contribution in [0.2, 0.25) is 0 Å². The molecular weight excluding hydrogens is 212 g/mol. The van der Waals surface area contributed by atoms with E-state index in [1.807, 2.05) is 31.2 Å². The summed E-state index contributed by atoms with van der Waals surface area (Å²) in [7, 11) is 0. The summed E-state index contributed by atoms with van der Waals surface area (Å²) in [6.07, 6.45) is 2.68. The van der Waals surface area contributed by atoms with Gasteiger partial charge in [-0.15, -0.1) is 0 Å². The van der Waals surface area contributed by atoms with Gasteiger partial charge in [0.15, 0.2) is 0 Å². The Hall–Kier alpha value is -1.02. The molecule has 0 amide bonds. The first kappa shape index (κ1) is 14.0. The normalized spacial score (nSPS) is 12.8. The lowest BCUT2D eigenvalue weighted by molar-refractivity contribution is 0.173. The van der Waals surface area contributed by atoms with E-state index in [9.17, 15) is 5.11 Å². The molecule has 0 bridgehead atoms. The average molecular weight is 236 g/mol. The minimum Gasteiger partial charge on any atom is -0.494 e. The third-order valence-electron chi connectivity index (χ3n) is 2.85. The van der Waals surface area contributed by atoms with E-state index in [-0.39, 0.29) is 6.10 Å². The Balaban J connectivity index is 2.35. The summed E-state index contributed by atoms with van der Waals surface area (Å²) in [5.41, 5.74) is 0.960. The molecule has 0 aliphatic rings. The van der Waals surface area contributed by atoms with E-state index in [4.69, 9.17) is 4.74 Å². The summed E-state index contributed by atoms with van der Waals surface area (Å²) in [4.78, 5) is 0. The van der Waals surface area contributed by atoms with Gasteiger partial charge in [0.2, 0.25) is 0 Å². The van der Waals surface area contributed by atoms with Crippen LogP contribution in [-0.4, -0.2) is 11.7 Å². The minimum atomic E-state index is -0.356. The van der Waals surface area contributed by atoms with Crippen LogP contribution in [-0.2, 0) is 0 Å². The standard InChI is InChI=1S/C15H24O2/c1-4-15(16)13-7-9-14(10-8-13)17-11-5-6-12(2)3/h7-10,12,15-16H,4-6,11H2,1-3H3/t15-/m1/s1. The summed E-state index contributed by atoms with van der Waals surface area (Å²) in [5, 5.41) is 9.65. The van der Waals surface area contributed by atoms with Crippen molar-refractivity contribution in [2.45, 2.75) is 46.1 Å². The monoisotopic (exact) mass is 236 g/mol. The highest BCUT2D eigenvalue weighted by molar-refractivity contribution is 5.28. The molecule has 2 nitrogen and oxygen atoms in total. The summed E-state index contributed by atoms with van der Waals surface area (Å²) in [6, 6.07) is 7.74. The quantitative estimate of drug-likeness (QED) is 0.726. The SMILES string of the molecule is CC[C@@H](O)c1ccc(OCCCC(C)C)cc1. The summed E-state index contributed by atoms with van der Waals surface area (Å²) < 4.78 is 5.64. The van der Waals surface area contributed by atoms with Gasteiger partial charge in [0.25, 0.3) is 0 Å². The van der Waals surface area contributed by atoms with Crippen molar-refractivity contribution in [1.29, 1.82) is 0 Å². The lowest BCUT2D eigenvalue weighted by atomic mass is 10.1.